The molecule has 2 aromatic rings. The molecule has 0 unspecified atom stereocenters. The van der Waals surface area contributed by atoms with Gasteiger partial charge in [0.05, 0.1) is 16.2 Å². The largest absolute Gasteiger partial charge is 0.255 e. The van der Waals surface area contributed by atoms with E-state index in [1.54, 1.807) is 24.4 Å². The summed E-state index contributed by atoms with van der Waals surface area (Å²) in [5.41, 5.74) is 4.87. The molecule has 0 saturated heterocycles. The molecule has 1 heterocycles. The molecule has 0 fully saturated rings. The first-order chi connectivity index (χ1) is 11.0. The van der Waals surface area contributed by atoms with Gasteiger partial charge in [-0.1, -0.05) is 12.1 Å². The van der Waals surface area contributed by atoms with Crippen LogP contribution in [0.4, 0.5) is 0 Å². The summed E-state index contributed by atoms with van der Waals surface area (Å²) >= 11 is 0. The van der Waals surface area contributed by atoms with Crippen molar-refractivity contribution in [2.75, 3.05) is 6.26 Å². The van der Waals surface area contributed by atoms with Crippen LogP contribution in [0.15, 0.2) is 47.5 Å². The fraction of sp³-hybridized carbons (Fsp3) is 0.222. The van der Waals surface area contributed by atoms with E-state index in [0.29, 0.717) is 10.5 Å². The van der Waals surface area contributed by atoms with Crippen LogP contribution in [0, 0.1) is 11.3 Å². The zero-order valence-electron chi connectivity index (χ0n) is 12.8. The molecule has 3 rings (SSSR count). The van der Waals surface area contributed by atoms with Crippen molar-refractivity contribution in [1.29, 1.82) is 5.26 Å². The van der Waals surface area contributed by atoms with Crippen LogP contribution in [0.1, 0.15) is 36.1 Å². The lowest BCUT2D eigenvalue weighted by atomic mass is 10.00. The highest BCUT2D eigenvalue weighted by Crippen LogP contribution is 2.39. The highest BCUT2D eigenvalue weighted by molar-refractivity contribution is 7.90. The lowest BCUT2D eigenvalue weighted by Crippen LogP contribution is -1.97. The number of nitrogens with zero attached hydrogens (tertiary/aromatic N) is 2. The Labute approximate surface area is 136 Å². The summed E-state index contributed by atoms with van der Waals surface area (Å²) in [6.45, 7) is 0. The summed E-state index contributed by atoms with van der Waals surface area (Å²) < 4.78 is 23.1. The molecular formula is C18H16N2O2S. The quantitative estimate of drug-likeness (QED) is 0.867. The van der Waals surface area contributed by atoms with Crippen molar-refractivity contribution in [1.82, 2.24) is 4.98 Å². The molecule has 0 N–H and O–H groups in total. The second-order valence-electron chi connectivity index (χ2n) is 5.65. The smallest absolute Gasteiger partial charge is 0.175 e. The second kappa shape index (κ2) is 5.98. The van der Waals surface area contributed by atoms with Crippen molar-refractivity contribution in [3.05, 3.63) is 59.4 Å². The third-order valence-electron chi connectivity index (χ3n) is 4.05. The number of benzene rings is 1. The van der Waals surface area contributed by atoms with Crippen molar-refractivity contribution < 1.29 is 8.42 Å². The number of rotatable bonds is 3. The molecule has 0 spiro atoms. The van der Waals surface area contributed by atoms with Crippen molar-refractivity contribution >= 4 is 21.0 Å². The van der Waals surface area contributed by atoms with E-state index in [2.05, 4.69) is 11.1 Å². The molecule has 23 heavy (non-hydrogen) atoms. The van der Waals surface area contributed by atoms with Crippen LogP contribution in [-0.2, 0) is 9.84 Å². The van der Waals surface area contributed by atoms with E-state index in [-0.39, 0.29) is 0 Å². The minimum atomic E-state index is -3.18. The first-order valence-corrected chi connectivity index (χ1v) is 9.27. The van der Waals surface area contributed by atoms with Crippen LogP contribution in [0.25, 0.3) is 11.1 Å². The fourth-order valence-electron chi connectivity index (χ4n) is 2.89. The first-order valence-electron chi connectivity index (χ1n) is 7.38. The van der Waals surface area contributed by atoms with Crippen molar-refractivity contribution in [2.45, 2.75) is 24.2 Å². The predicted molar refractivity (Wildman–Crippen MR) is 89.2 cm³/mol. The average Bonchev–Trinajstić information content (AvgIpc) is 3.04. The van der Waals surface area contributed by atoms with Crippen LogP contribution >= 0.6 is 0 Å². The molecule has 0 radical (unpaired) electrons. The zero-order chi connectivity index (χ0) is 16.4. The molecular weight excluding hydrogens is 308 g/mol. The molecule has 0 aliphatic heterocycles. The summed E-state index contributed by atoms with van der Waals surface area (Å²) in [5.74, 6) is 0. The fourth-order valence-corrected chi connectivity index (χ4v) is 3.52. The third-order valence-corrected chi connectivity index (χ3v) is 5.18. The maximum absolute atomic E-state index is 11.6. The standard InChI is InChI=1S/C18H16N2O2S/c1-23(21,22)15-8-6-14(7-9-15)16-3-2-4-17(16)18-10-5-13(11-19)12-20-18/h5-10,12H,2-4H2,1H3. The Hall–Kier alpha value is -2.45. The molecule has 116 valence electrons. The van der Waals surface area contributed by atoms with Crippen LogP contribution in [0.2, 0.25) is 0 Å². The molecule has 0 bridgehead atoms. The van der Waals surface area contributed by atoms with Gasteiger partial charge in [-0.15, -0.1) is 0 Å². The molecule has 5 heteroatoms. The van der Waals surface area contributed by atoms with Gasteiger partial charge in [-0.3, -0.25) is 4.98 Å². The molecule has 0 amide bonds. The summed E-state index contributed by atoms with van der Waals surface area (Å²) in [4.78, 5) is 4.72. The number of nitriles is 1. The normalized spacial score (nSPS) is 14.8. The van der Waals surface area contributed by atoms with Gasteiger partial charge in [0, 0.05) is 12.5 Å². The van der Waals surface area contributed by atoms with Crippen LogP contribution < -0.4 is 0 Å². The van der Waals surface area contributed by atoms with E-state index in [0.717, 1.165) is 30.5 Å². The Morgan fingerprint density at radius 1 is 1.04 bits per heavy atom. The van der Waals surface area contributed by atoms with Crippen LogP contribution in [0.5, 0.6) is 0 Å². The Bertz CT molecular complexity index is 903. The van der Waals surface area contributed by atoms with E-state index in [4.69, 9.17) is 5.26 Å². The van der Waals surface area contributed by atoms with Gasteiger partial charge < -0.3 is 0 Å². The molecule has 4 nitrogen and oxygen atoms in total. The van der Waals surface area contributed by atoms with Gasteiger partial charge in [0.1, 0.15) is 6.07 Å². The van der Waals surface area contributed by atoms with Gasteiger partial charge in [0.25, 0.3) is 0 Å². The SMILES string of the molecule is CS(=O)(=O)c1ccc(C2=C(c3ccc(C#N)cn3)CCC2)cc1. The minimum absolute atomic E-state index is 0.331. The number of sulfone groups is 1. The van der Waals surface area contributed by atoms with Gasteiger partial charge in [0.15, 0.2) is 9.84 Å². The maximum Gasteiger partial charge on any atom is 0.175 e. The van der Waals surface area contributed by atoms with Gasteiger partial charge in [-0.25, -0.2) is 8.42 Å². The summed E-state index contributed by atoms with van der Waals surface area (Å²) in [6, 6.07) is 12.8. The first kappa shape index (κ1) is 15.4. The van der Waals surface area contributed by atoms with Gasteiger partial charge >= 0.3 is 0 Å². The summed E-state index contributed by atoms with van der Waals surface area (Å²) in [6.07, 6.45) is 5.76. The van der Waals surface area contributed by atoms with Gasteiger partial charge in [0.2, 0.25) is 0 Å². The maximum atomic E-state index is 11.6. The van der Waals surface area contributed by atoms with Gasteiger partial charge in [-0.05, 0) is 60.2 Å². The topological polar surface area (TPSA) is 70.8 Å². The Kier molecular flexibility index (Phi) is 4.01. The molecule has 1 aromatic carbocycles. The van der Waals surface area contributed by atoms with Gasteiger partial charge in [-0.2, -0.15) is 5.26 Å². The number of allylic oxidation sites excluding steroid dienone is 2. The zero-order valence-corrected chi connectivity index (χ0v) is 13.6. The number of hydrogen-bond donors (Lipinski definition) is 0. The lowest BCUT2D eigenvalue weighted by Gasteiger charge is -2.08. The van der Waals surface area contributed by atoms with E-state index in [9.17, 15) is 8.42 Å². The molecule has 1 aromatic heterocycles. The van der Waals surface area contributed by atoms with Crippen LogP contribution in [0.3, 0.4) is 0 Å². The minimum Gasteiger partial charge on any atom is -0.255 e. The number of hydrogen-bond acceptors (Lipinski definition) is 4. The number of pyridine rings is 1. The van der Waals surface area contributed by atoms with Crippen LogP contribution in [-0.4, -0.2) is 19.7 Å². The van der Waals surface area contributed by atoms with E-state index < -0.39 is 9.84 Å². The molecule has 1 aliphatic rings. The summed E-state index contributed by atoms with van der Waals surface area (Å²) in [7, 11) is -3.18. The van der Waals surface area contributed by atoms with Crippen molar-refractivity contribution in [2.24, 2.45) is 0 Å². The Balaban J connectivity index is 2.00. The summed E-state index contributed by atoms with van der Waals surface area (Å²) in [5, 5.41) is 8.86. The predicted octanol–water partition coefficient (Wildman–Crippen LogP) is 3.45. The van der Waals surface area contributed by atoms with Crippen molar-refractivity contribution in [3.63, 3.8) is 0 Å². The second-order valence-corrected chi connectivity index (χ2v) is 7.67. The van der Waals surface area contributed by atoms with E-state index in [1.807, 2.05) is 18.2 Å². The number of aromatic nitrogens is 1. The molecule has 1 aliphatic carbocycles. The lowest BCUT2D eigenvalue weighted by molar-refractivity contribution is 0.602. The Morgan fingerprint density at radius 2 is 1.74 bits per heavy atom. The molecule has 0 saturated carbocycles. The van der Waals surface area contributed by atoms with Crippen molar-refractivity contribution in [3.8, 4) is 6.07 Å². The highest BCUT2D eigenvalue weighted by atomic mass is 32.2. The average molecular weight is 324 g/mol. The van der Waals surface area contributed by atoms with E-state index in [1.165, 1.54) is 17.4 Å². The monoisotopic (exact) mass is 324 g/mol. The van der Waals surface area contributed by atoms with E-state index >= 15 is 0 Å². The third kappa shape index (κ3) is 3.17. The molecule has 0 atom stereocenters. The highest BCUT2D eigenvalue weighted by Gasteiger charge is 2.19. The Morgan fingerprint density at radius 3 is 2.30 bits per heavy atom.